The number of para-hydroxylation sites is 1. The van der Waals surface area contributed by atoms with Crippen LogP contribution in [0.25, 0.3) is 5.69 Å². The largest absolute Gasteiger partial charge is 1.00 e. The predicted molar refractivity (Wildman–Crippen MR) is 74.5 cm³/mol. The molecule has 0 aliphatic heterocycles. The molecule has 2 aromatic carbocycles. The summed E-state index contributed by atoms with van der Waals surface area (Å²) in [4.78, 5) is 12.1. The van der Waals surface area contributed by atoms with Crippen molar-refractivity contribution >= 4 is 5.78 Å². The molecule has 0 aliphatic carbocycles. The number of halogens is 1. The summed E-state index contributed by atoms with van der Waals surface area (Å²) in [6, 6.07) is 19.1. The molecule has 0 bridgehead atoms. The van der Waals surface area contributed by atoms with Crippen LogP contribution in [0.4, 0.5) is 0 Å². The molecule has 0 saturated carbocycles. The molecule has 3 rings (SSSR count). The van der Waals surface area contributed by atoms with E-state index in [0.29, 0.717) is 5.56 Å². The summed E-state index contributed by atoms with van der Waals surface area (Å²) in [5.41, 5.74) is 1.72. The van der Waals surface area contributed by atoms with Crippen LogP contribution in [0.1, 0.15) is 10.4 Å². The Bertz CT molecular complexity index is 711. The minimum absolute atomic E-state index is 0. The lowest BCUT2D eigenvalue weighted by atomic mass is 10.1. The molecule has 106 valence electrons. The van der Waals surface area contributed by atoms with Crippen LogP contribution in [-0.2, 0) is 6.54 Å². The number of ketones is 1. The molecule has 0 spiro atoms. The van der Waals surface area contributed by atoms with Crippen LogP contribution in [-0.4, -0.2) is 15.6 Å². The lowest BCUT2D eigenvalue weighted by Gasteiger charge is -1.96. The number of hydrogen-bond acceptors (Lipinski definition) is 2. The van der Waals surface area contributed by atoms with E-state index in [2.05, 4.69) is 5.10 Å². The van der Waals surface area contributed by atoms with E-state index in [1.54, 1.807) is 11.0 Å². The first-order valence-corrected chi connectivity index (χ1v) is 6.40. The Kier molecular flexibility index (Phi) is 5.00. The third kappa shape index (κ3) is 3.64. The fourth-order valence-corrected chi connectivity index (χ4v) is 2.00. The summed E-state index contributed by atoms with van der Waals surface area (Å²) in [5, 5.41) is 4.22. The zero-order valence-corrected chi connectivity index (χ0v) is 12.8. The fraction of sp³-hybridized carbons (Fsp3) is 0.0625. The molecule has 1 heterocycles. The number of nitrogens with zero attached hydrogens (tertiary/aromatic N) is 3. The van der Waals surface area contributed by atoms with Crippen LogP contribution in [0.5, 0.6) is 0 Å². The summed E-state index contributed by atoms with van der Waals surface area (Å²) >= 11 is 0. The molecule has 0 saturated heterocycles. The topological polar surface area (TPSA) is 38.8 Å². The summed E-state index contributed by atoms with van der Waals surface area (Å²) in [5.74, 6) is 0.0499. The van der Waals surface area contributed by atoms with E-state index in [1.807, 2.05) is 71.6 Å². The van der Waals surface area contributed by atoms with Gasteiger partial charge in [0.15, 0.2) is 12.3 Å². The number of rotatable bonds is 4. The van der Waals surface area contributed by atoms with Gasteiger partial charge in [-0.15, -0.1) is 4.68 Å². The SMILES string of the molecule is O=C(Cn1c[n+](-c2ccccc2)cn1)c1ccccc1.[Br-]. The summed E-state index contributed by atoms with van der Waals surface area (Å²) in [6.07, 6.45) is 3.52. The monoisotopic (exact) mass is 343 g/mol. The van der Waals surface area contributed by atoms with E-state index in [0.717, 1.165) is 5.69 Å². The molecule has 0 amide bonds. The minimum atomic E-state index is 0. The molecule has 3 aromatic rings. The first-order valence-electron chi connectivity index (χ1n) is 6.40. The van der Waals surface area contributed by atoms with E-state index in [9.17, 15) is 4.79 Å². The molecule has 0 unspecified atom stereocenters. The van der Waals surface area contributed by atoms with Crippen LogP contribution < -0.4 is 21.5 Å². The van der Waals surface area contributed by atoms with E-state index in [1.165, 1.54) is 0 Å². The lowest BCUT2D eigenvalue weighted by Crippen LogP contribution is -3.00. The Morgan fingerprint density at radius 2 is 1.62 bits per heavy atom. The van der Waals surface area contributed by atoms with Crippen LogP contribution in [0, 0.1) is 0 Å². The van der Waals surface area contributed by atoms with Gasteiger partial charge in [0.05, 0.1) is 0 Å². The van der Waals surface area contributed by atoms with Gasteiger partial charge in [-0.05, 0) is 12.1 Å². The van der Waals surface area contributed by atoms with Crippen molar-refractivity contribution < 1.29 is 26.3 Å². The number of hydrogen-bond donors (Lipinski definition) is 0. The highest BCUT2D eigenvalue weighted by Gasteiger charge is 2.13. The summed E-state index contributed by atoms with van der Waals surface area (Å²) in [6.45, 7) is 0.240. The Balaban J connectivity index is 0.00000161. The van der Waals surface area contributed by atoms with Crippen LogP contribution >= 0.6 is 0 Å². The number of carbonyl (C=O) groups is 1. The van der Waals surface area contributed by atoms with Gasteiger partial charge in [-0.1, -0.05) is 48.5 Å². The van der Waals surface area contributed by atoms with Gasteiger partial charge in [0.2, 0.25) is 6.33 Å². The molecule has 21 heavy (non-hydrogen) atoms. The maximum atomic E-state index is 12.1. The smallest absolute Gasteiger partial charge is 0.270 e. The van der Waals surface area contributed by atoms with Gasteiger partial charge >= 0.3 is 0 Å². The van der Waals surface area contributed by atoms with Crippen molar-refractivity contribution in [3.63, 3.8) is 0 Å². The van der Waals surface area contributed by atoms with Gasteiger partial charge in [0, 0.05) is 10.7 Å². The molecular weight excluding hydrogens is 330 g/mol. The maximum Gasteiger partial charge on any atom is 0.270 e. The number of Topliss-reactive ketones (excluding diaryl/α,β-unsaturated/α-hetero) is 1. The highest BCUT2D eigenvalue weighted by atomic mass is 79.9. The molecule has 0 fully saturated rings. The normalized spacial score (nSPS) is 9.90. The van der Waals surface area contributed by atoms with E-state index < -0.39 is 0 Å². The molecule has 0 N–H and O–H groups in total. The van der Waals surface area contributed by atoms with Gasteiger partial charge in [-0.2, -0.15) is 0 Å². The van der Waals surface area contributed by atoms with Crippen molar-refractivity contribution in [3.05, 3.63) is 78.9 Å². The van der Waals surface area contributed by atoms with Gasteiger partial charge in [0.1, 0.15) is 5.69 Å². The van der Waals surface area contributed by atoms with Gasteiger partial charge in [-0.3, -0.25) is 4.79 Å². The van der Waals surface area contributed by atoms with Crippen molar-refractivity contribution in [1.29, 1.82) is 0 Å². The highest BCUT2D eigenvalue weighted by molar-refractivity contribution is 5.95. The second kappa shape index (κ2) is 6.95. The van der Waals surface area contributed by atoms with Gasteiger partial charge in [0.25, 0.3) is 6.33 Å². The van der Waals surface area contributed by atoms with Crippen molar-refractivity contribution in [1.82, 2.24) is 9.78 Å². The standard InChI is InChI=1S/C16H14N3O.BrH/c20-16(14-7-3-1-4-8-14)11-19-13-18(12-17-19)15-9-5-2-6-10-15;/h1-10,12-13H,11H2;1H/q+1;/p-1. The zero-order chi connectivity index (χ0) is 13.8. The maximum absolute atomic E-state index is 12.1. The average molecular weight is 344 g/mol. The summed E-state index contributed by atoms with van der Waals surface area (Å²) < 4.78 is 3.53. The van der Waals surface area contributed by atoms with Crippen LogP contribution in [0.2, 0.25) is 0 Å². The molecular formula is C16H14BrN3O. The molecule has 1 aromatic heterocycles. The van der Waals surface area contributed by atoms with Crippen molar-refractivity contribution in [2.24, 2.45) is 0 Å². The van der Waals surface area contributed by atoms with E-state index >= 15 is 0 Å². The summed E-state index contributed by atoms with van der Waals surface area (Å²) in [7, 11) is 0. The second-order valence-electron chi connectivity index (χ2n) is 4.48. The quantitative estimate of drug-likeness (QED) is 0.452. The van der Waals surface area contributed by atoms with Gasteiger partial charge < -0.3 is 17.0 Å². The molecule has 0 aliphatic rings. The van der Waals surface area contributed by atoms with Crippen molar-refractivity contribution in [2.45, 2.75) is 6.54 Å². The van der Waals surface area contributed by atoms with Gasteiger partial charge in [-0.25, -0.2) is 4.57 Å². The lowest BCUT2D eigenvalue weighted by molar-refractivity contribution is -0.596. The first-order chi connectivity index (χ1) is 9.83. The highest BCUT2D eigenvalue weighted by Crippen LogP contribution is 2.02. The Morgan fingerprint density at radius 1 is 1.00 bits per heavy atom. The number of aromatic nitrogens is 3. The minimum Gasteiger partial charge on any atom is -1.00 e. The van der Waals surface area contributed by atoms with E-state index in [-0.39, 0.29) is 29.3 Å². The second-order valence-corrected chi connectivity index (χ2v) is 4.48. The number of benzene rings is 2. The fourth-order valence-electron chi connectivity index (χ4n) is 2.00. The average Bonchev–Trinajstić information content (AvgIpc) is 2.97. The Labute approximate surface area is 133 Å². The third-order valence-corrected chi connectivity index (χ3v) is 3.04. The van der Waals surface area contributed by atoms with Crippen molar-refractivity contribution in [3.8, 4) is 5.69 Å². The molecule has 0 radical (unpaired) electrons. The van der Waals surface area contributed by atoms with Crippen molar-refractivity contribution in [2.75, 3.05) is 0 Å². The molecule has 0 atom stereocenters. The van der Waals surface area contributed by atoms with Crippen LogP contribution in [0.15, 0.2) is 73.3 Å². The molecule has 5 heteroatoms. The van der Waals surface area contributed by atoms with Crippen LogP contribution in [0.3, 0.4) is 0 Å². The number of carbonyl (C=O) groups excluding carboxylic acids is 1. The van der Waals surface area contributed by atoms with E-state index in [4.69, 9.17) is 0 Å². The third-order valence-electron chi connectivity index (χ3n) is 3.04. The zero-order valence-electron chi connectivity index (χ0n) is 11.3. The first kappa shape index (κ1) is 15.1. The Morgan fingerprint density at radius 3 is 2.29 bits per heavy atom. The predicted octanol–water partition coefficient (Wildman–Crippen LogP) is -0.953. The Hall–Kier alpha value is -2.27. The molecule has 4 nitrogen and oxygen atoms in total.